The Bertz CT molecular complexity index is 2750. The Morgan fingerprint density at radius 3 is 1.94 bits per heavy atom. The molecule has 7 aromatic carbocycles. The van der Waals surface area contributed by atoms with Gasteiger partial charge in [-0.3, -0.25) is 0 Å². The minimum absolute atomic E-state index is 0.0491. The number of rotatable bonds is 4. The van der Waals surface area contributed by atoms with Crippen molar-refractivity contribution in [1.29, 1.82) is 0 Å². The molecule has 8 aromatic rings. The van der Waals surface area contributed by atoms with Crippen molar-refractivity contribution in [3.8, 4) is 16.8 Å². The minimum atomic E-state index is -0.147. The lowest BCUT2D eigenvalue weighted by Gasteiger charge is -2.38. The maximum atomic E-state index is 3.98. The van der Waals surface area contributed by atoms with Gasteiger partial charge in [0.25, 0.3) is 0 Å². The van der Waals surface area contributed by atoms with Crippen LogP contribution in [0.4, 0.5) is 11.4 Å². The summed E-state index contributed by atoms with van der Waals surface area (Å²) >= 11 is 0. The van der Waals surface area contributed by atoms with Crippen molar-refractivity contribution in [1.82, 2.24) is 4.57 Å². The van der Waals surface area contributed by atoms with Gasteiger partial charge in [-0.1, -0.05) is 167 Å². The number of para-hydroxylation sites is 4. The van der Waals surface area contributed by atoms with E-state index in [1.807, 2.05) is 0 Å². The van der Waals surface area contributed by atoms with Gasteiger partial charge in [0.2, 0.25) is 0 Å². The Morgan fingerprint density at radius 2 is 1.17 bits per heavy atom. The topological polar surface area (TPSA) is 17.0 Å². The van der Waals surface area contributed by atoms with Crippen LogP contribution in [0.1, 0.15) is 72.6 Å². The largest absolute Gasteiger partial charge is 0.355 e. The molecule has 0 atom stereocenters. The van der Waals surface area contributed by atoms with Gasteiger partial charge in [-0.05, 0) is 62.1 Å². The molecule has 52 heavy (non-hydrogen) atoms. The van der Waals surface area contributed by atoms with E-state index in [9.17, 15) is 0 Å². The van der Waals surface area contributed by atoms with Gasteiger partial charge in [0.15, 0.2) is 7.28 Å². The summed E-state index contributed by atoms with van der Waals surface area (Å²) < 4.78 is 2.68. The Labute approximate surface area is 306 Å². The van der Waals surface area contributed by atoms with Gasteiger partial charge in [-0.25, -0.2) is 0 Å². The fourth-order valence-corrected chi connectivity index (χ4v) is 10.3. The quantitative estimate of drug-likeness (QED) is 0.146. The Balaban J connectivity index is 1.33. The molecule has 0 saturated carbocycles. The molecule has 4 heterocycles. The van der Waals surface area contributed by atoms with E-state index in [-0.39, 0.29) is 16.7 Å². The zero-order chi connectivity index (χ0) is 34.9. The van der Waals surface area contributed by atoms with Crippen LogP contribution >= 0.6 is 0 Å². The molecule has 0 unspecified atom stereocenters. The van der Waals surface area contributed by atoms with Crippen molar-refractivity contribution in [2.75, 3.05) is 5.32 Å². The molecule has 0 amide bonds. The van der Waals surface area contributed by atoms with Crippen LogP contribution in [-0.2, 0) is 10.8 Å². The summed E-state index contributed by atoms with van der Waals surface area (Å²) in [4.78, 5) is 0. The molecule has 0 fully saturated rings. The first-order valence-electron chi connectivity index (χ1n) is 18.7. The molecule has 0 bridgehead atoms. The summed E-state index contributed by atoms with van der Waals surface area (Å²) in [6.07, 6.45) is 0. The van der Waals surface area contributed by atoms with E-state index in [1.165, 1.54) is 99.9 Å². The van der Waals surface area contributed by atoms with Crippen LogP contribution in [-0.4, -0.2) is 11.8 Å². The number of fused-ring (bicyclic) bond motifs is 3. The predicted octanol–water partition coefficient (Wildman–Crippen LogP) is 10.4. The summed E-state index contributed by atoms with van der Waals surface area (Å²) in [6, 6.07) is 54.8. The molecule has 3 aliphatic heterocycles. The minimum Gasteiger partial charge on any atom is -0.355 e. The van der Waals surface area contributed by atoms with Gasteiger partial charge in [0, 0.05) is 50.0 Å². The third kappa shape index (κ3) is 3.81. The summed E-state index contributed by atoms with van der Waals surface area (Å²) in [7, 11) is 0.891. The summed E-state index contributed by atoms with van der Waals surface area (Å²) in [5.41, 5.74) is 21.2. The van der Waals surface area contributed by atoms with Gasteiger partial charge in [-0.2, -0.15) is 0 Å². The van der Waals surface area contributed by atoms with E-state index in [2.05, 4.69) is 183 Å². The van der Waals surface area contributed by atoms with Crippen molar-refractivity contribution in [2.45, 2.75) is 44.4 Å². The standard InChI is InChI=1S/C49H39BN2/c1-48(2)35-22-11-12-27-40(35)51-44-31(20-13-23-36(44)48)33-28-34(41(29-16-7-5-8-17-29)30-18-9-6-10-19-30)42-32-21-14-24-37-45(32)52-46-38(49(37,3)4)25-15-26-39(46)50-43(33)47(42)52/h5-28,41,50-51H,1-4H3. The highest BCUT2D eigenvalue weighted by Crippen LogP contribution is 2.53. The Kier molecular flexibility index (Phi) is 5.97. The number of benzene rings is 7. The maximum absolute atomic E-state index is 3.98. The fourth-order valence-electron chi connectivity index (χ4n) is 10.3. The normalized spacial score (nSPS) is 15.3. The second kappa shape index (κ2) is 10.4. The number of anilines is 2. The predicted molar refractivity (Wildman–Crippen MR) is 220 cm³/mol. The SMILES string of the molecule is CC1(C)c2ccccc2Nc2c(-c3cc(C(c4ccccc4)c4ccccc4)c4c5cccc6c5n5c4c3Bc3cccc(c3-5)C6(C)C)cccc21. The molecule has 1 aromatic heterocycles. The van der Waals surface area contributed by atoms with E-state index in [1.54, 1.807) is 0 Å². The molecule has 11 rings (SSSR count). The van der Waals surface area contributed by atoms with Gasteiger partial charge in [-0.15, -0.1) is 0 Å². The third-order valence-electron chi connectivity index (χ3n) is 12.7. The first-order chi connectivity index (χ1) is 25.3. The summed E-state index contributed by atoms with van der Waals surface area (Å²) in [6.45, 7) is 9.58. The van der Waals surface area contributed by atoms with Crippen LogP contribution in [0, 0.1) is 0 Å². The second-order valence-electron chi connectivity index (χ2n) is 16.1. The average Bonchev–Trinajstić information content (AvgIpc) is 3.52. The monoisotopic (exact) mass is 666 g/mol. The smallest absolute Gasteiger partial charge is 0.198 e. The van der Waals surface area contributed by atoms with Crippen molar-refractivity contribution in [3.63, 3.8) is 0 Å². The molecule has 248 valence electrons. The first kappa shape index (κ1) is 29.9. The van der Waals surface area contributed by atoms with Gasteiger partial charge in [0.05, 0.1) is 11.2 Å². The zero-order valence-electron chi connectivity index (χ0n) is 30.1. The lowest BCUT2D eigenvalue weighted by Crippen LogP contribution is -2.41. The van der Waals surface area contributed by atoms with Crippen molar-refractivity contribution in [2.24, 2.45) is 0 Å². The summed E-state index contributed by atoms with van der Waals surface area (Å²) in [5.74, 6) is 0.0491. The molecule has 0 radical (unpaired) electrons. The van der Waals surface area contributed by atoms with Crippen LogP contribution in [0.5, 0.6) is 0 Å². The maximum Gasteiger partial charge on any atom is 0.198 e. The molecule has 0 saturated heterocycles. The molecule has 3 heteroatoms. The number of nitrogens with one attached hydrogen (secondary N) is 1. The number of hydrogen-bond acceptors (Lipinski definition) is 1. The highest BCUT2D eigenvalue weighted by atomic mass is 15.0. The molecule has 2 nitrogen and oxygen atoms in total. The van der Waals surface area contributed by atoms with Gasteiger partial charge in [0.1, 0.15) is 0 Å². The van der Waals surface area contributed by atoms with Crippen LogP contribution < -0.4 is 16.2 Å². The van der Waals surface area contributed by atoms with Gasteiger partial charge < -0.3 is 9.88 Å². The molecule has 0 spiro atoms. The molecule has 1 N–H and O–H groups in total. The van der Waals surface area contributed by atoms with Gasteiger partial charge >= 0.3 is 0 Å². The number of nitrogens with zero attached hydrogens (tertiary/aromatic N) is 1. The van der Waals surface area contributed by atoms with Crippen molar-refractivity contribution < 1.29 is 0 Å². The van der Waals surface area contributed by atoms with E-state index in [0.717, 1.165) is 7.28 Å². The first-order valence-corrected chi connectivity index (χ1v) is 18.7. The number of hydrogen-bond donors (Lipinski definition) is 1. The van der Waals surface area contributed by atoms with E-state index >= 15 is 0 Å². The molecular weight excluding hydrogens is 627 g/mol. The van der Waals surface area contributed by atoms with Crippen LogP contribution in [0.15, 0.2) is 146 Å². The fraction of sp³-hybridized carbons (Fsp3) is 0.143. The zero-order valence-corrected chi connectivity index (χ0v) is 30.1. The molecular formula is C49H39BN2. The van der Waals surface area contributed by atoms with Crippen molar-refractivity contribution >= 4 is 51.4 Å². The summed E-state index contributed by atoms with van der Waals surface area (Å²) in [5, 5.41) is 6.71. The lowest BCUT2D eigenvalue weighted by molar-refractivity contribution is 0.631. The van der Waals surface area contributed by atoms with E-state index < -0.39 is 0 Å². The number of aromatic nitrogens is 1. The van der Waals surface area contributed by atoms with Crippen molar-refractivity contribution in [3.05, 3.63) is 185 Å². The Hall–Kier alpha value is -5.80. The van der Waals surface area contributed by atoms with Crippen LogP contribution in [0.25, 0.3) is 38.6 Å². The highest BCUT2D eigenvalue weighted by molar-refractivity contribution is 6.73. The third-order valence-corrected chi connectivity index (χ3v) is 12.7. The van der Waals surface area contributed by atoms with E-state index in [0.29, 0.717) is 0 Å². The van der Waals surface area contributed by atoms with Crippen LogP contribution in [0.3, 0.4) is 0 Å². The molecule has 0 aliphatic carbocycles. The highest BCUT2D eigenvalue weighted by Gasteiger charge is 2.41. The Morgan fingerprint density at radius 1 is 0.558 bits per heavy atom. The lowest BCUT2D eigenvalue weighted by atomic mass is 9.57. The van der Waals surface area contributed by atoms with Crippen LogP contribution in [0.2, 0.25) is 0 Å². The average molecular weight is 667 g/mol. The van der Waals surface area contributed by atoms with E-state index in [4.69, 9.17) is 0 Å². The second-order valence-corrected chi connectivity index (χ2v) is 16.1. The molecule has 3 aliphatic rings.